The molecule has 5 atom stereocenters. The van der Waals surface area contributed by atoms with Gasteiger partial charge in [-0.2, -0.15) is 0 Å². The van der Waals surface area contributed by atoms with Gasteiger partial charge in [0.15, 0.2) is 0 Å². The highest BCUT2D eigenvalue weighted by atomic mass is 35.5. The van der Waals surface area contributed by atoms with E-state index >= 15 is 0 Å². The number of hydrogen-bond acceptors (Lipinski definition) is 5. The molecular weight excluding hydrogens is 613 g/mol. The summed E-state index contributed by atoms with van der Waals surface area (Å²) in [7, 11) is 0. The second kappa shape index (κ2) is 15.2. The zero-order chi connectivity index (χ0) is 30.8. The first-order valence-electron chi connectivity index (χ1n) is 16.7. The average molecular weight is 657 g/mol. The fourth-order valence-electron chi connectivity index (χ4n) is 7.99. The molecule has 0 spiro atoms. The lowest BCUT2D eigenvalue weighted by molar-refractivity contribution is 0.0250. The second-order valence-electron chi connectivity index (χ2n) is 13.2. The molecule has 9 rings (SSSR count). The predicted octanol–water partition coefficient (Wildman–Crippen LogP) is 8.31. The Morgan fingerprint density at radius 3 is 1.28 bits per heavy atom. The lowest BCUT2D eigenvalue weighted by atomic mass is 9.93. The van der Waals surface area contributed by atoms with E-state index in [1.807, 2.05) is 18.2 Å². The summed E-state index contributed by atoms with van der Waals surface area (Å²) in [5.41, 5.74) is 6.62. The molecule has 2 saturated heterocycles. The van der Waals surface area contributed by atoms with E-state index in [0.717, 1.165) is 53.7 Å². The van der Waals surface area contributed by atoms with Gasteiger partial charge in [0.2, 0.25) is 0 Å². The maximum atomic E-state index is 13.0. The number of benzene rings is 3. The molecule has 2 N–H and O–H groups in total. The van der Waals surface area contributed by atoms with E-state index in [1.165, 1.54) is 56.2 Å². The van der Waals surface area contributed by atoms with E-state index < -0.39 is 0 Å². The first-order valence-corrected chi connectivity index (χ1v) is 16.7. The van der Waals surface area contributed by atoms with E-state index in [2.05, 4.69) is 10.6 Å². The Morgan fingerprint density at radius 2 is 0.891 bits per heavy atom. The van der Waals surface area contributed by atoms with Crippen LogP contribution in [0.4, 0.5) is 13.2 Å². The van der Waals surface area contributed by atoms with E-state index in [-0.39, 0.29) is 48.2 Å². The normalized spacial score (nSPS) is 27.6. The summed E-state index contributed by atoms with van der Waals surface area (Å²) in [4.78, 5) is 0. The van der Waals surface area contributed by atoms with Crippen molar-refractivity contribution in [3.63, 3.8) is 0 Å². The third-order valence-corrected chi connectivity index (χ3v) is 10.2. The molecule has 248 valence electrons. The summed E-state index contributed by atoms with van der Waals surface area (Å²) in [6, 6.07) is 15.8. The van der Waals surface area contributed by atoms with Crippen LogP contribution in [0.25, 0.3) is 0 Å². The van der Waals surface area contributed by atoms with E-state index in [9.17, 15) is 13.2 Å². The predicted molar refractivity (Wildman–Crippen MR) is 173 cm³/mol. The maximum Gasteiger partial charge on any atom is 0.123 e. The van der Waals surface area contributed by atoms with Gasteiger partial charge in [-0.05, 0) is 127 Å². The number of nitrogens with one attached hydrogen (secondary N) is 2. The zero-order valence-electron chi connectivity index (χ0n) is 26.1. The van der Waals surface area contributed by atoms with Crippen molar-refractivity contribution in [1.82, 2.24) is 10.6 Å². The standard InChI is InChI=1S/C13H15FO.2C12H14FNO.ClH/c14-11-5-6-12-10(7-11)8-15-13(12)9-3-1-2-4-9;2*13-9-3-4-10-8(6-9)7-15-12(10)11-2-1-5-14-11;/h5-7,9,13H,1-4,8H2;2*3-4,6,11-12,14H,1-2,5,7H2;1H/t;11-,12+;11-,12-;/m.00./s1. The molecule has 6 aliphatic rings. The van der Waals surface area contributed by atoms with Gasteiger partial charge >= 0.3 is 0 Å². The molecule has 1 aliphatic carbocycles. The molecule has 3 aromatic rings. The Bertz CT molecular complexity index is 1300. The van der Waals surface area contributed by atoms with Crippen molar-refractivity contribution in [3.8, 4) is 0 Å². The Labute approximate surface area is 276 Å². The van der Waals surface area contributed by atoms with Crippen molar-refractivity contribution in [2.75, 3.05) is 13.1 Å². The number of hydrogen-bond donors (Lipinski definition) is 2. The van der Waals surface area contributed by atoms with Gasteiger partial charge in [0, 0.05) is 12.1 Å². The van der Waals surface area contributed by atoms with Gasteiger partial charge in [-0.25, -0.2) is 13.2 Å². The summed E-state index contributed by atoms with van der Waals surface area (Å²) in [5.74, 6) is 0.177. The van der Waals surface area contributed by atoms with Crippen molar-refractivity contribution < 1.29 is 27.4 Å². The summed E-state index contributed by atoms with van der Waals surface area (Å²) < 4.78 is 56.3. The summed E-state index contributed by atoms with van der Waals surface area (Å²) in [6.45, 7) is 3.84. The van der Waals surface area contributed by atoms with Crippen LogP contribution in [0.1, 0.15) is 103 Å². The molecule has 5 aliphatic heterocycles. The van der Waals surface area contributed by atoms with E-state index in [0.29, 0.717) is 37.8 Å². The van der Waals surface area contributed by atoms with Crippen LogP contribution < -0.4 is 10.6 Å². The number of rotatable bonds is 3. The summed E-state index contributed by atoms with van der Waals surface area (Å²) in [6.07, 6.45) is 10.4. The minimum absolute atomic E-state index is 0. The van der Waals surface area contributed by atoms with E-state index in [1.54, 1.807) is 24.3 Å². The van der Waals surface area contributed by atoms with Crippen LogP contribution >= 0.6 is 12.4 Å². The number of fused-ring (bicyclic) bond motifs is 3. The quantitative estimate of drug-likeness (QED) is 0.297. The molecule has 0 radical (unpaired) electrons. The Balaban J connectivity index is 0.000000120. The van der Waals surface area contributed by atoms with Crippen LogP contribution in [0.2, 0.25) is 0 Å². The largest absolute Gasteiger partial charge is 0.369 e. The van der Waals surface area contributed by atoms with Crippen LogP contribution in [0.5, 0.6) is 0 Å². The summed E-state index contributed by atoms with van der Waals surface area (Å²) >= 11 is 0. The highest BCUT2D eigenvalue weighted by Crippen LogP contribution is 2.43. The number of halogens is 4. The molecule has 0 aromatic heterocycles. The number of ether oxygens (including phenoxy) is 3. The fourth-order valence-corrected chi connectivity index (χ4v) is 7.99. The van der Waals surface area contributed by atoms with Gasteiger partial charge in [-0.1, -0.05) is 31.0 Å². The lowest BCUT2D eigenvalue weighted by Gasteiger charge is -2.18. The summed E-state index contributed by atoms with van der Waals surface area (Å²) in [5, 5.41) is 6.87. The SMILES string of the molecule is Cl.Fc1ccc2c(c1)COC2C1CCCC1.Fc1ccc2c(c1)CO[C@@H]2[C@@H]1CCCN1.Fc1ccc2c(c1)CO[C@H]2[C@@H]1CCCN1. The van der Waals surface area contributed by atoms with Crippen molar-refractivity contribution in [2.45, 2.75) is 102 Å². The van der Waals surface area contributed by atoms with Gasteiger partial charge in [-0.3, -0.25) is 0 Å². The van der Waals surface area contributed by atoms with Gasteiger partial charge < -0.3 is 24.8 Å². The van der Waals surface area contributed by atoms with Gasteiger partial charge in [0.25, 0.3) is 0 Å². The molecule has 3 fully saturated rings. The molecule has 46 heavy (non-hydrogen) atoms. The smallest absolute Gasteiger partial charge is 0.123 e. The van der Waals surface area contributed by atoms with Crippen molar-refractivity contribution in [2.24, 2.45) is 5.92 Å². The van der Waals surface area contributed by atoms with Crippen molar-refractivity contribution >= 4 is 12.4 Å². The minimum atomic E-state index is -0.169. The highest BCUT2D eigenvalue weighted by molar-refractivity contribution is 5.85. The zero-order valence-corrected chi connectivity index (χ0v) is 26.9. The van der Waals surface area contributed by atoms with Gasteiger partial charge in [-0.15, -0.1) is 12.4 Å². The molecule has 9 heteroatoms. The van der Waals surface area contributed by atoms with E-state index in [4.69, 9.17) is 14.2 Å². The first kappa shape index (κ1) is 33.4. The van der Waals surface area contributed by atoms with Gasteiger partial charge in [0.05, 0.1) is 38.1 Å². The van der Waals surface area contributed by atoms with Crippen LogP contribution in [0.15, 0.2) is 54.6 Å². The molecule has 5 nitrogen and oxygen atoms in total. The molecular formula is C37H44ClF3N2O3. The van der Waals surface area contributed by atoms with Crippen molar-refractivity contribution in [1.29, 1.82) is 0 Å². The molecule has 3 aromatic carbocycles. The fraction of sp³-hybridized carbons (Fsp3) is 0.514. The molecule has 1 unspecified atom stereocenters. The van der Waals surface area contributed by atoms with Crippen molar-refractivity contribution in [3.05, 3.63) is 105 Å². The first-order chi connectivity index (χ1) is 22.0. The highest BCUT2D eigenvalue weighted by Gasteiger charge is 2.34. The third kappa shape index (κ3) is 7.33. The monoisotopic (exact) mass is 656 g/mol. The van der Waals surface area contributed by atoms with Crippen LogP contribution in [-0.4, -0.2) is 25.2 Å². The maximum absolute atomic E-state index is 13.0. The Hall–Kier alpha value is -2.46. The molecule has 0 bridgehead atoms. The third-order valence-electron chi connectivity index (χ3n) is 10.2. The Morgan fingerprint density at radius 1 is 0.500 bits per heavy atom. The van der Waals surface area contributed by atoms with Crippen LogP contribution in [0.3, 0.4) is 0 Å². The molecule has 5 heterocycles. The van der Waals surface area contributed by atoms with Crippen LogP contribution in [-0.2, 0) is 34.0 Å². The van der Waals surface area contributed by atoms with Gasteiger partial charge in [0.1, 0.15) is 17.5 Å². The van der Waals surface area contributed by atoms with Crippen LogP contribution in [0, 0.1) is 23.4 Å². The second-order valence-corrected chi connectivity index (χ2v) is 13.2. The molecule has 1 saturated carbocycles. The lowest BCUT2D eigenvalue weighted by Crippen LogP contribution is -2.28. The molecule has 0 amide bonds. The Kier molecular flexibility index (Phi) is 11.0. The minimum Gasteiger partial charge on any atom is -0.369 e. The average Bonchev–Trinajstić information content (AvgIpc) is 3.87. The topological polar surface area (TPSA) is 51.8 Å².